The fourth-order valence-electron chi connectivity index (χ4n) is 5.13. The quantitative estimate of drug-likeness (QED) is 0.253. The van der Waals surface area contributed by atoms with Gasteiger partial charge in [0.15, 0.2) is 0 Å². The second-order valence-corrected chi connectivity index (χ2v) is 10.9. The summed E-state index contributed by atoms with van der Waals surface area (Å²) in [6, 6.07) is 21.5. The summed E-state index contributed by atoms with van der Waals surface area (Å²) in [6.45, 7) is 2.13. The molecule has 1 aliphatic rings. The molecular formula is C31H31N5O3S. The normalized spacial score (nSPS) is 14.1. The molecule has 0 aliphatic carbocycles. The summed E-state index contributed by atoms with van der Waals surface area (Å²) in [4.78, 5) is 24.3. The number of pyridine rings is 1. The maximum atomic E-state index is 13.9. The van der Waals surface area contributed by atoms with Crippen molar-refractivity contribution < 1.29 is 14.3 Å². The van der Waals surface area contributed by atoms with Crippen molar-refractivity contribution in [2.75, 3.05) is 24.2 Å². The Labute approximate surface area is 237 Å². The van der Waals surface area contributed by atoms with Crippen LogP contribution in [0.15, 0.2) is 94.7 Å². The monoisotopic (exact) mass is 553 g/mol. The molecule has 0 unspecified atom stereocenters. The molecule has 1 N–H and O–H groups in total. The van der Waals surface area contributed by atoms with Crippen molar-refractivity contribution in [2.45, 2.75) is 36.9 Å². The summed E-state index contributed by atoms with van der Waals surface area (Å²) < 4.78 is 7.41. The Hall–Kier alpha value is -4.08. The lowest BCUT2D eigenvalue weighted by molar-refractivity contribution is 0.0718. The minimum Gasteiger partial charge on any atom is -0.467 e. The smallest absolute Gasteiger partial charge is 0.254 e. The number of aromatic nitrogens is 3. The molecule has 5 aromatic rings. The van der Waals surface area contributed by atoms with Gasteiger partial charge >= 0.3 is 0 Å². The number of anilines is 1. The Balaban J connectivity index is 1.36. The van der Waals surface area contributed by atoms with Gasteiger partial charge in [0, 0.05) is 46.9 Å². The zero-order valence-corrected chi connectivity index (χ0v) is 23.1. The lowest BCUT2D eigenvalue weighted by Gasteiger charge is -2.33. The fraction of sp³-hybridized carbons (Fsp3) is 0.258. The van der Waals surface area contributed by atoms with Gasteiger partial charge in [-0.1, -0.05) is 6.07 Å². The standard InChI is InChI=1S/C31H31N5O3S/c1-40-28-10-7-23-18-24(30(33-29(23)19-28)34-15-11-26(37)12-16-34)20-35(21-27-4-2-17-39-27)31(38)22-5-8-25(9-6-22)36-14-3-13-32-36/h2-10,13-14,17-19,26,37H,11-12,15-16,20-21H2,1H3. The van der Waals surface area contributed by atoms with Crippen molar-refractivity contribution in [3.63, 3.8) is 0 Å². The highest BCUT2D eigenvalue weighted by molar-refractivity contribution is 7.98. The lowest BCUT2D eigenvalue weighted by Crippen LogP contribution is -2.38. The highest BCUT2D eigenvalue weighted by Crippen LogP contribution is 2.30. The number of carbonyl (C=O) groups excluding carboxylic acids is 1. The van der Waals surface area contributed by atoms with E-state index in [4.69, 9.17) is 9.40 Å². The first-order valence-corrected chi connectivity index (χ1v) is 14.6. The van der Waals surface area contributed by atoms with Gasteiger partial charge < -0.3 is 19.3 Å². The first-order valence-electron chi connectivity index (χ1n) is 13.4. The highest BCUT2D eigenvalue weighted by Gasteiger charge is 2.25. The minimum atomic E-state index is -0.287. The molecule has 0 spiro atoms. The van der Waals surface area contributed by atoms with Gasteiger partial charge in [-0.15, -0.1) is 11.8 Å². The van der Waals surface area contributed by atoms with E-state index in [0.29, 0.717) is 37.3 Å². The predicted octanol–water partition coefficient (Wildman–Crippen LogP) is 5.54. The SMILES string of the molecule is CSc1ccc2cc(CN(Cc3ccco3)C(=O)c3ccc(-n4cccn4)cc3)c(N3CCC(O)CC3)nc2c1. The van der Waals surface area contributed by atoms with E-state index in [-0.39, 0.29) is 12.0 Å². The number of aliphatic hydroxyl groups excluding tert-OH is 1. The molecule has 0 bridgehead atoms. The van der Waals surface area contributed by atoms with Crippen LogP contribution in [0.5, 0.6) is 0 Å². The maximum Gasteiger partial charge on any atom is 0.254 e. The molecule has 9 heteroatoms. The number of furan rings is 1. The second kappa shape index (κ2) is 11.6. The maximum absolute atomic E-state index is 13.9. The largest absolute Gasteiger partial charge is 0.467 e. The van der Waals surface area contributed by atoms with Crippen LogP contribution in [0.3, 0.4) is 0 Å². The average Bonchev–Trinajstić information content (AvgIpc) is 3.72. The Morgan fingerprint density at radius 3 is 2.60 bits per heavy atom. The van der Waals surface area contributed by atoms with E-state index < -0.39 is 0 Å². The molecule has 3 aromatic heterocycles. The van der Waals surface area contributed by atoms with Crippen LogP contribution in [0.4, 0.5) is 5.82 Å². The van der Waals surface area contributed by atoms with E-state index in [0.717, 1.165) is 46.0 Å². The topological polar surface area (TPSA) is 87.6 Å². The van der Waals surface area contributed by atoms with E-state index in [1.54, 1.807) is 28.9 Å². The number of thioether (sulfide) groups is 1. The van der Waals surface area contributed by atoms with Crippen molar-refractivity contribution in [1.82, 2.24) is 19.7 Å². The van der Waals surface area contributed by atoms with Crippen LogP contribution in [0.2, 0.25) is 0 Å². The Bertz CT molecular complexity index is 1580. The third kappa shape index (κ3) is 5.61. The number of benzene rings is 2. The van der Waals surface area contributed by atoms with E-state index in [1.165, 1.54) is 0 Å². The molecule has 0 radical (unpaired) electrons. The first-order chi connectivity index (χ1) is 19.6. The Kier molecular flexibility index (Phi) is 7.57. The number of carbonyl (C=O) groups is 1. The summed E-state index contributed by atoms with van der Waals surface area (Å²) in [7, 11) is 0. The van der Waals surface area contributed by atoms with Gasteiger partial charge in [-0.3, -0.25) is 4.79 Å². The summed E-state index contributed by atoms with van der Waals surface area (Å²) in [5, 5.41) is 15.4. The molecule has 0 atom stereocenters. The Morgan fingerprint density at radius 2 is 1.90 bits per heavy atom. The zero-order chi connectivity index (χ0) is 27.5. The summed E-state index contributed by atoms with van der Waals surface area (Å²) in [6.07, 6.45) is 8.39. The Morgan fingerprint density at radius 1 is 1.07 bits per heavy atom. The third-order valence-electron chi connectivity index (χ3n) is 7.30. The molecular weight excluding hydrogens is 522 g/mol. The van der Waals surface area contributed by atoms with E-state index in [2.05, 4.69) is 40.5 Å². The molecule has 4 heterocycles. The van der Waals surface area contributed by atoms with Crippen LogP contribution < -0.4 is 4.90 Å². The molecule has 1 amide bonds. The molecule has 1 fully saturated rings. The van der Waals surface area contributed by atoms with Crippen LogP contribution in [-0.4, -0.2) is 56.1 Å². The number of amides is 1. The zero-order valence-electron chi connectivity index (χ0n) is 22.3. The van der Waals surface area contributed by atoms with Crippen molar-refractivity contribution in [3.05, 3.63) is 102 Å². The molecule has 40 heavy (non-hydrogen) atoms. The van der Waals surface area contributed by atoms with Gasteiger partial charge in [0.1, 0.15) is 11.6 Å². The number of fused-ring (bicyclic) bond motifs is 1. The number of hydrogen-bond acceptors (Lipinski definition) is 7. The van der Waals surface area contributed by atoms with Gasteiger partial charge in [0.25, 0.3) is 5.91 Å². The van der Waals surface area contributed by atoms with Crippen LogP contribution >= 0.6 is 11.8 Å². The van der Waals surface area contributed by atoms with E-state index in [9.17, 15) is 9.90 Å². The van der Waals surface area contributed by atoms with Crippen molar-refractivity contribution in [2.24, 2.45) is 0 Å². The van der Waals surface area contributed by atoms with Crippen molar-refractivity contribution >= 4 is 34.4 Å². The first kappa shape index (κ1) is 26.2. The number of aliphatic hydroxyl groups is 1. The van der Waals surface area contributed by atoms with Crippen LogP contribution in [0, 0.1) is 0 Å². The third-order valence-corrected chi connectivity index (χ3v) is 8.03. The van der Waals surface area contributed by atoms with Crippen molar-refractivity contribution in [1.29, 1.82) is 0 Å². The lowest BCUT2D eigenvalue weighted by atomic mass is 10.1. The number of piperidine rings is 1. The molecule has 1 saturated heterocycles. The highest BCUT2D eigenvalue weighted by atomic mass is 32.2. The molecule has 8 nitrogen and oxygen atoms in total. The molecule has 2 aromatic carbocycles. The summed E-state index contributed by atoms with van der Waals surface area (Å²) in [5.41, 5.74) is 3.37. The second-order valence-electron chi connectivity index (χ2n) is 9.99. The van der Waals surface area contributed by atoms with Crippen LogP contribution in [0.1, 0.15) is 34.5 Å². The van der Waals surface area contributed by atoms with Gasteiger partial charge in [-0.25, -0.2) is 9.67 Å². The number of nitrogens with zero attached hydrogens (tertiary/aromatic N) is 5. The van der Waals surface area contributed by atoms with E-state index >= 15 is 0 Å². The number of rotatable bonds is 8. The average molecular weight is 554 g/mol. The minimum absolute atomic E-state index is 0.0961. The van der Waals surface area contributed by atoms with Crippen molar-refractivity contribution in [3.8, 4) is 5.69 Å². The van der Waals surface area contributed by atoms with Gasteiger partial charge in [-0.05, 0) is 79.8 Å². The summed E-state index contributed by atoms with van der Waals surface area (Å²) in [5.74, 6) is 1.48. The van der Waals surface area contributed by atoms with Crippen LogP contribution in [0.25, 0.3) is 16.6 Å². The van der Waals surface area contributed by atoms with Gasteiger partial charge in [-0.2, -0.15) is 5.10 Å². The molecule has 6 rings (SSSR count). The molecule has 204 valence electrons. The molecule has 0 saturated carbocycles. The van der Waals surface area contributed by atoms with Gasteiger partial charge in [0.05, 0.1) is 36.7 Å². The van der Waals surface area contributed by atoms with Crippen LogP contribution in [-0.2, 0) is 13.1 Å². The van der Waals surface area contributed by atoms with E-state index in [1.807, 2.05) is 53.6 Å². The number of hydrogen-bond donors (Lipinski definition) is 1. The van der Waals surface area contributed by atoms with Gasteiger partial charge in [0.2, 0.25) is 0 Å². The molecule has 1 aliphatic heterocycles. The fourth-order valence-corrected chi connectivity index (χ4v) is 5.57. The predicted molar refractivity (Wildman–Crippen MR) is 157 cm³/mol. The summed E-state index contributed by atoms with van der Waals surface area (Å²) >= 11 is 1.69.